The molecule has 140 valence electrons. The maximum atomic E-state index is 12.2. The number of carbonyl (C=O) groups is 3. The average Bonchev–Trinajstić information content (AvgIpc) is 3.04. The van der Waals surface area contributed by atoms with Crippen LogP contribution in [0.2, 0.25) is 10.0 Å². The molecule has 2 aromatic rings. The molecule has 1 N–H and O–H groups in total. The van der Waals surface area contributed by atoms with Crippen LogP contribution in [0.3, 0.4) is 0 Å². The largest absolute Gasteiger partial charge is 0.455 e. The van der Waals surface area contributed by atoms with Crippen molar-refractivity contribution in [1.82, 2.24) is 0 Å². The highest BCUT2D eigenvalue weighted by Gasteiger charge is 2.36. The van der Waals surface area contributed by atoms with E-state index in [1.165, 1.54) is 4.90 Å². The number of anilines is 2. The summed E-state index contributed by atoms with van der Waals surface area (Å²) in [6, 6.07) is 13.5. The van der Waals surface area contributed by atoms with Crippen molar-refractivity contribution >= 4 is 52.4 Å². The predicted octanol–water partition coefficient (Wildman–Crippen LogP) is 3.53. The van der Waals surface area contributed by atoms with Gasteiger partial charge in [0.05, 0.1) is 16.6 Å². The second-order valence-electron chi connectivity index (χ2n) is 6.02. The highest BCUT2D eigenvalue weighted by molar-refractivity contribution is 6.33. The molecule has 1 saturated heterocycles. The van der Waals surface area contributed by atoms with Gasteiger partial charge in [0, 0.05) is 23.7 Å². The Kier molecular flexibility index (Phi) is 5.98. The molecule has 0 bridgehead atoms. The van der Waals surface area contributed by atoms with E-state index in [1.807, 2.05) is 0 Å². The maximum Gasteiger partial charge on any atom is 0.311 e. The molecule has 6 nitrogen and oxygen atoms in total. The number of esters is 1. The molecule has 1 atom stereocenters. The van der Waals surface area contributed by atoms with Crippen LogP contribution in [0.1, 0.15) is 6.42 Å². The summed E-state index contributed by atoms with van der Waals surface area (Å²) < 4.78 is 5.06. The Morgan fingerprint density at radius 3 is 2.52 bits per heavy atom. The third-order valence-electron chi connectivity index (χ3n) is 4.09. The first-order valence-electron chi connectivity index (χ1n) is 8.21. The van der Waals surface area contributed by atoms with Crippen LogP contribution in [-0.2, 0) is 19.1 Å². The molecule has 1 fully saturated rings. The summed E-state index contributed by atoms with van der Waals surface area (Å²) in [4.78, 5) is 37.8. The number of nitrogens with zero attached hydrogens (tertiary/aromatic N) is 1. The van der Waals surface area contributed by atoms with E-state index in [2.05, 4.69) is 5.32 Å². The molecule has 0 saturated carbocycles. The molecule has 0 spiro atoms. The number of halogens is 2. The number of amides is 2. The first-order chi connectivity index (χ1) is 12.9. The molecule has 1 aliphatic rings. The van der Waals surface area contributed by atoms with Gasteiger partial charge in [0.15, 0.2) is 6.61 Å². The lowest BCUT2D eigenvalue weighted by Gasteiger charge is -2.16. The predicted molar refractivity (Wildman–Crippen MR) is 103 cm³/mol. The first-order valence-corrected chi connectivity index (χ1v) is 8.96. The lowest BCUT2D eigenvalue weighted by atomic mass is 10.1. The van der Waals surface area contributed by atoms with Crippen molar-refractivity contribution in [1.29, 1.82) is 0 Å². The first kappa shape index (κ1) is 19.2. The summed E-state index contributed by atoms with van der Waals surface area (Å²) in [7, 11) is 0. The molecule has 1 aliphatic heterocycles. The highest BCUT2D eigenvalue weighted by atomic mass is 35.5. The lowest BCUT2D eigenvalue weighted by Crippen LogP contribution is -2.28. The Hall–Kier alpha value is -2.57. The molecule has 0 unspecified atom stereocenters. The second-order valence-corrected chi connectivity index (χ2v) is 6.86. The molecule has 2 aromatic carbocycles. The number of para-hydroxylation sites is 1. The Labute approximate surface area is 166 Å². The van der Waals surface area contributed by atoms with Crippen LogP contribution in [0.4, 0.5) is 11.4 Å². The van der Waals surface area contributed by atoms with Crippen molar-refractivity contribution in [2.45, 2.75) is 6.42 Å². The van der Waals surface area contributed by atoms with Gasteiger partial charge in [-0.15, -0.1) is 0 Å². The lowest BCUT2D eigenvalue weighted by molar-refractivity contribution is -0.151. The van der Waals surface area contributed by atoms with Crippen molar-refractivity contribution in [3.63, 3.8) is 0 Å². The smallest absolute Gasteiger partial charge is 0.311 e. The van der Waals surface area contributed by atoms with Gasteiger partial charge >= 0.3 is 5.97 Å². The summed E-state index contributed by atoms with van der Waals surface area (Å²) in [5.41, 5.74) is 1.10. The van der Waals surface area contributed by atoms with E-state index in [4.69, 9.17) is 27.9 Å². The van der Waals surface area contributed by atoms with Crippen molar-refractivity contribution in [2.75, 3.05) is 23.4 Å². The molecular weight excluding hydrogens is 391 g/mol. The van der Waals surface area contributed by atoms with E-state index in [0.717, 1.165) is 0 Å². The molecule has 27 heavy (non-hydrogen) atoms. The summed E-state index contributed by atoms with van der Waals surface area (Å²) in [5.74, 6) is -1.90. The van der Waals surface area contributed by atoms with E-state index < -0.39 is 24.4 Å². The molecule has 3 rings (SSSR count). The van der Waals surface area contributed by atoms with Crippen molar-refractivity contribution < 1.29 is 19.1 Å². The van der Waals surface area contributed by atoms with Gasteiger partial charge < -0.3 is 15.0 Å². The van der Waals surface area contributed by atoms with Gasteiger partial charge in [0.1, 0.15) is 0 Å². The van der Waals surface area contributed by atoms with Gasteiger partial charge in [-0.25, -0.2) is 0 Å². The van der Waals surface area contributed by atoms with Crippen LogP contribution < -0.4 is 10.2 Å². The Balaban J connectivity index is 1.53. The number of ether oxygens (including phenoxy) is 1. The zero-order valence-electron chi connectivity index (χ0n) is 14.2. The SMILES string of the molecule is O=C(COC(=O)[C@H]1CC(=O)N(c2ccc(Cl)cc2)C1)Nc1ccccc1Cl. The van der Waals surface area contributed by atoms with Gasteiger partial charge in [0.25, 0.3) is 5.91 Å². The molecule has 0 radical (unpaired) electrons. The molecule has 0 aromatic heterocycles. The zero-order valence-corrected chi connectivity index (χ0v) is 15.7. The minimum atomic E-state index is -0.624. The minimum Gasteiger partial charge on any atom is -0.455 e. The number of hydrogen-bond acceptors (Lipinski definition) is 4. The third-order valence-corrected chi connectivity index (χ3v) is 4.67. The molecule has 0 aliphatic carbocycles. The fourth-order valence-corrected chi connectivity index (χ4v) is 3.05. The minimum absolute atomic E-state index is 0.0353. The van der Waals surface area contributed by atoms with Crippen LogP contribution in [0.15, 0.2) is 48.5 Å². The second kappa shape index (κ2) is 8.41. The van der Waals surface area contributed by atoms with Gasteiger partial charge in [-0.2, -0.15) is 0 Å². The Bertz CT molecular complexity index is 870. The van der Waals surface area contributed by atoms with Gasteiger partial charge in [-0.05, 0) is 36.4 Å². The normalized spacial score (nSPS) is 16.3. The van der Waals surface area contributed by atoms with Crippen LogP contribution in [0.25, 0.3) is 0 Å². The maximum absolute atomic E-state index is 12.2. The molecule has 8 heteroatoms. The van der Waals surface area contributed by atoms with Crippen LogP contribution >= 0.6 is 23.2 Å². The van der Waals surface area contributed by atoms with Crippen molar-refractivity contribution in [2.24, 2.45) is 5.92 Å². The number of rotatable bonds is 5. The number of carbonyl (C=O) groups excluding carboxylic acids is 3. The fourth-order valence-electron chi connectivity index (χ4n) is 2.74. The van der Waals surface area contributed by atoms with Gasteiger partial charge in [-0.3, -0.25) is 14.4 Å². The van der Waals surface area contributed by atoms with Crippen LogP contribution in [0.5, 0.6) is 0 Å². The van der Waals surface area contributed by atoms with E-state index in [9.17, 15) is 14.4 Å². The third kappa shape index (κ3) is 4.78. The zero-order chi connectivity index (χ0) is 19.4. The molecule has 2 amide bonds. The average molecular weight is 407 g/mol. The number of benzene rings is 2. The standard InChI is InChI=1S/C19H16Cl2N2O4/c20-13-5-7-14(8-6-13)23-10-12(9-18(23)25)19(26)27-11-17(24)22-16-4-2-1-3-15(16)21/h1-8,12H,9-11H2,(H,22,24)/t12-/m0/s1. The summed E-state index contributed by atoms with van der Waals surface area (Å²) in [6.45, 7) is -0.249. The molecule has 1 heterocycles. The van der Waals surface area contributed by atoms with Gasteiger partial charge in [-0.1, -0.05) is 35.3 Å². The highest BCUT2D eigenvalue weighted by Crippen LogP contribution is 2.27. The quantitative estimate of drug-likeness (QED) is 0.770. The van der Waals surface area contributed by atoms with Crippen molar-refractivity contribution in [3.05, 3.63) is 58.6 Å². The summed E-state index contributed by atoms with van der Waals surface area (Å²) in [6.07, 6.45) is 0.0353. The van der Waals surface area contributed by atoms with E-state index >= 15 is 0 Å². The van der Waals surface area contributed by atoms with Crippen LogP contribution in [-0.4, -0.2) is 30.9 Å². The van der Waals surface area contributed by atoms with E-state index in [1.54, 1.807) is 48.5 Å². The topological polar surface area (TPSA) is 75.7 Å². The number of nitrogens with one attached hydrogen (secondary N) is 1. The van der Waals surface area contributed by atoms with E-state index in [-0.39, 0.29) is 18.9 Å². The Morgan fingerprint density at radius 2 is 1.81 bits per heavy atom. The summed E-state index contributed by atoms with van der Waals surface area (Å²) >= 11 is 11.8. The van der Waals surface area contributed by atoms with Crippen molar-refractivity contribution in [3.8, 4) is 0 Å². The molecular formula is C19H16Cl2N2O4. The monoisotopic (exact) mass is 406 g/mol. The van der Waals surface area contributed by atoms with E-state index in [0.29, 0.717) is 21.4 Å². The Morgan fingerprint density at radius 1 is 1.11 bits per heavy atom. The van der Waals surface area contributed by atoms with Gasteiger partial charge in [0.2, 0.25) is 5.91 Å². The fraction of sp³-hybridized carbons (Fsp3) is 0.211. The van der Waals surface area contributed by atoms with Crippen LogP contribution in [0, 0.1) is 5.92 Å². The number of hydrogen-bond donors (Lipinski definition) is 1. The summed E-state index contributed by atoms with van der Waals surface area (Å²) in [5, 5.41) is 3.51.